The molecule has 0 unspecified atom stereocenters. The highest BCUT2D eigenvalue weighted by atomic mass is 35.5. The van der Waals surface area contributed by atoms with Crippen LogP contribution >= 0.6 is 23.2 Å². The number of rotatable bonds is 5. The van der Waals surface area contributed by atoms with Crippen LogP contribution in [0.5, 0.6) is 0 Å². The van der Waals surface area contributed by atoms with Crippen LogP contribution in [0.1, 0.15) is 42.4 Å². The Bertz CT molecular complexity index is 637. The number of halogens is 2. The highest BCUT2D eigenvalue weighted by Gasteiger charge is 2.18. The number of carbonyl (C=O) groups excluding carboxylic acids is 1. The van der Waals surface area contributed by atoms with Crippen molar-refractivity contribution >= 4 is 34.8 Å². The van der Waals surface area contributed by atoms with Crippen LogP contribution < -0.4 is 5.32 Å². The largest absolute Gasteiger partial charge is 0.351 e. The molecule has 2 heterocycles. The minimum absolute atomic E-state index is 0.149. The number of aryl methyl sites for hydroxylation is 1. The van der Waals surface area contributed by atoms with E-state index in [-0.39, 0.29) is 5.91 Å². The van der Waals surface area contributed by atoms with E-state index in [1.165, 1.54) is 0 Å². The Kier molecular flexibility index (Phi) is 4.89. The summed E-state index contributed by atoms with van der Waals surface area (Å²) in [4.78, 5) is 16.6. The van der Waals surface area contributed by atoms with Crippen LogP contribution in [0.4, 0.5) is 0 Å². The molecule has 2 aromatic heterocycles. The van der Waals surface area contributed by atoms with E-state index in [9.17, 15) is 4.79 Å². The molecule has 108 valence electrons. The molecule has 6 heteroatoms. The zero-order valence-electron chi connectivity index (χ0n) is 11.5. The second-order valence-electron chi connectivity index (χ2n) is 4.71. The van der Waals surface area contributed by atoms with E-state index in [1.54, 1.807) is 23.6 Å². The van der Waals surface area contributed by atoms with Gasteiger partial charge in [-0.3, -0.25) is 9.20 Å². The van der Waals surface area contributed by atoms with Gasteiger partial charge in [-0.1, -0.05) is 43.0 Å². The van der Waals surface area contributed by atoms with Crippen LogP contribution in [-0.4, -0.2) is 21.8 Å². The van der Waals surface area contributed by atoms with Gasteiger partial charge in [0.15, 0.2) is 5.65 Å². The fourth-order valence-electron chi connectivity index (χ4n) is 2.12. The molecular formula is C14H17Cl2N3O. The summed E-state index contributed by atoms with van der Waals surface area (Å²) < 4.78 is 1.65. The number of amides is 1. The van der Waals surface area contributed by atoms with E-state index in [1.807, 2.05) is 0 Å². The zero-order chi connectivity index (χ0) is 14.7. The van der Waals surface area contributed by atoms with Crippen LogP contribution in [0.3, 0.4) is 0 Å². The minimum Gasteiger partial charge on any atom is -0.351 e. The van der Waals surface area contributed by atoms with Crippen molar-refractivity contribution in [3.05, 3.63) is 33.7 Å². The molecule has 1 amide bonds. The van der Waals surface area contributed by atoms with E-state index in [0.717, 1.165) is 19.3 Å². The molecule has 20 heavy (non-hydrogen) atoms. The van der Waals surface area contributed by atoms with Crippen molar-refractivity contribution in [1.82, 2.24) is 14.7 Å². The normalized spacial score (nSPS) is 11.0. The van der Waals surface area contributed by atoms with Gasteiger partial charge < -0.3 is 5.32 Å². The van der Waals surface area contributed by atoms with Gasteiger partial charge in [0, 0.05) is 12.7 Å². The lowest BCUT2D eigenvalue weighted by atomic mass is 10.2. The van der Waals surface area contributed by atoms with Crippen molar-refractivity contribution < 1.29 is 4.79 Å². The van der Waals surface area contributed by atoms with Crippen molar-refractivity contribution in [2.45, 2.75) is 33.1 Å². The molecule has 0 aliphatic heterocycles. The summed E-state index contributed by atoms with van der Waals surface area (Å²) in [6.45, 7) is 4.58. The number of nitrogens with zero attached hydrogens (tertiary/aromatic N) is 2. The fraction of sp³-hybridized carbons (Fsp3) is 0.429. The van der Waals surface area contributed by atoms with Crippen molar-refractivity contribution in [2.24, 2.45) is 0 Å². The van der Waals surface area contributed by atoms with Crippen molar-refractivity contribution in [1.29, 1.82) is 0 Å². The Hall–Kier alpha value is -1.26. The van der Waals surface area contributed by atoms with Gasteiger partial charge in [0.25, 0.3) is 5.91 Å². The maximum Gasteiger partial charge on any atom is 0.270 e. The first-order valence-electron chi connectivity index (χ1n) is 6.66. The van der Waals surface area contributed by atoms with E-state index in [4.69, 9.17) is 23.2 Å². The first-order chi connectivity index (χ1) is 9.54. The average Bonchev–Trinajstić information content (AvgIpc) is 2.71. The molecule has 2 rings (SSSR count). The summed E-state index contributed by atoms with van der Waals surface area (Å²) in [5, 5.41) is 3.81. The third-order valence-electron chi connectivity index (χ3n) is 3.10. The van der Waals surface area contributed by atoms with Gasteiger partial charge in [0.2, 0.25) is 0 Å². The molecule has 0 spiro atoms. The molecule has 0 saturated heterocycles. The first-order valence-corrected chi connectivity index (χ1v) is 7.42. The van der Waals surface area contributed by atoms with E-state index >= 15 is 0 Å². The lowest BCUT2D eigenvalue weighted by Gasteiger charge is -2.06. The van der Waals surface area contributed by atoms with Gasteiger partial charge in [-0.05, 0) is 19.4 Å². The molecular weight excluding hydrogens is 297 g/mol. The van der Waals surface area contributed by atoms with Gasteiger partial charge >= 0.3 is 0 Å². The predicted molar refractivity (Wildman–Crippen MR) is 81.8 cm³/mol. The van der Waals surface area contributed by atoms with Gasteiger partial charge in [0.05, 0.1) is 15.7 Å². The maximum atomic E-state index is 12.3. The van der Waals surface area contributed by atoms with Crippen molar-refractivity contribution in [2.75, 3.05) is 6.54 Å². The van der Waals surface area contributed by atoms with Crippen molar-refractivity contribution in [3.63, 3.8) is 0 Å². The lowest BCUT2D eigenvalue weighted by molar-refractivity contribution is 0.0946. The van der Waals surface area contributed by atoms with Crippen LogP contribution in [0, 0.1) is 6.92 Å². The van der Waals surface area contributed by atoms with E-state index in [2.05, 4.69) is 17.2 Å². The third-order valence-corrected chi connectivity index (χ3v) is 3.58. The second-order valence-corrected chi connectivity index (χ2v) is 5.55. The van der Waals surface area contributed by atoms with E-state index < -0.39 is 0 Å². The van der Waals surface area contributed by atoms with Gasteiger partial charge in [-0.2, -0.15) is 0 Å². The first kappa shape index (κ1) is 15.1. The molecule has 0 saturated carbocycles. The SMILES string of the molecule is CCCCCNC(=O)c1c(C)nc2c(Cl)cc(Cl)cn12. The van der Waals surface area contributed by atoms with Crippen molar-refractivity contribution in [3.8, 4) is 0 Å². The molecule has 4 nitrogen and oxygen atoms in total. The number of imidazole rings is 1. The third kappa shape index (κ3) is 3.07. The number of aromatic nitrogens is 2. The lowest BCUT2D eigenvalue weighted by Crippen LogP contribution is -2.26. The topological polar surface area (TPSA) is 46.4 Å². The molecule has 0 bridgehead atoms. The standard InChI is InChI=1S/C14H17Cl2N3O/c1-3-4-5-6-17-14(20)12-9(2)18-13-11(16)7-10(15)8-19(12)13/h7-8H,3-6H2,1-2H3,(H,17,20). The predicted octanol–water partition coefficient (Wildman–Crippen LogP) is 3.87. The summed E-state index contributed by atoms with van der Waals surface area (Å²) in [6.07, 6.45) is 4.85. The Morgan fingerprint density at radius 1 is 1.40 bits per heavy atom. The molecule has 0 fully saturated rings. The molecule has 1 N–H and O–H groups in total. The number of unbranched alkanes of at least 4 members (excludes halogenated alkanes) is 2. The minimum atomic E-state index is -0.149. The number of hydrogen-bond donors (Lipinski definition) is 1. The summed E-state index contributed by atoms with van der Waals surface area (Å²) >= 11 is 12.1. The van der Waals surface area contributed by atoms with E-state index in [0.29, 0.717) is 33.6 Å². The van der Waals surface area contributed by atoms with Crippen LogP contribution in [-0.2, 0) is 0 Å². The zero-order valence-corrected chi connectivity index (χ0v) is 13.1. The highest BCUT2D eigenvalue weighted by molar-refractivity contribution is 6.36. The monoisotopic (exact) mass is 313 g/mol. The number of pyridine rings is 1. The second kappa shape index (κ2) is 6.46. The molecule has 0 radical (unpaired) electrons. The number of hydrogen-bond acceptors (Lipinski definition) is 2. The number of nitrogens with one attached hydrogen (secondary N) is 1. The number of fused-ring (bicyclic) bond motifs is 1. The summed E-state index contributed by atoms with van der Waals surface area (Å²) in [6, 6.07) is 1.62. The number of carbonyl (C=O) groups is 1. The van der Waals surface area contributed by atoms with Crippen LogP contribution in [0.15, 0.2) is 12.3 Å². The Balaban J connectivity index is 2.29. The molecule has 0 aliphatic rings. The highest BCUT2D eigenvalue weighted by Crippen LogP contribution is 2.24. The van der Waals surface area contributed by atoms with Crippen LogP contribution in [0.2, 0.25) is 10.0 Å². The summed E-state index contributed by atoms with van der Waals surface area (Å²) in [7, 11) is 0. The Labute approximate surface area is 128 Å². The Morgan fingerprint density at radius 2 is 2.15 bits per heavy atom. The quantitative estimate of drug-likeness (QED) is 0.852. The smallest absolute Gasteiger partial charge is 0.270 e. The van der Waals surface area contributed by atoms with Gasteiger partial charge in [-0.25, -0.2) is 4.98 Å². The molecule has 0 atom stereocenters. The maximum absolute atomic E-state index is 12.3. The van der Waals surface area contributed by atoms with Crippen LogP contribution in [0.25, 0.3) is 5.65 Å². The fourth-order valence-corrected chi connectivity index (χ4v) is 2.63. The summed E-state index contributed by atoms with van der Waals surface area (Å²) in [5.41, 5.74) is 1.68. The molecule has 2 aromatic rings. The molecule has 0 aromatic carbocycles. The summed E-state index contributed by atoms with van der Waals surface area (Å²) in [5.74, 6) is -0.149. The van der Waals surface area contributed by atoms with Gasteiger partial charge in [0.1, 0.15) is 5.69 Å². The Morgan fingerprint density at radius 3 is 2.85 bits per heavy atom. The average molecular weight is 314 g/mol. The van der Waals surface area contributed by atoms with Gasteiger partial charge in [-0.15, -0.1) is 0 Å². The molecule has 0 aliphatic carbocycles.